The number of anilines is 1. The first-order valence-corrected chi connectivity index (χ1v) is 9.85. The highest BCUT2D eigenvalue weighted by Gasteiger charge is 2.23. The third kappa shape index (κ3) is 3.81. The number of nitrogens with zero attached hydrogens (tertiary/aromatic N) is 2. The summed E-state index contributed by atoms with van der Waals surface area (Å²) in [5.74, 6) is -0.683. The van der Waals surface area contributed by atoms with E-state index in [9.17, 15) is 9.59 Å². The van der Waals surface area contributed by atoms with Gasteiger partial charge in [0.2, 0.25) is 0 Å². The summed E-state index contributed by atoms with van der Waals surface area (Å²) in [7, 11) is 0. The van der Waals surface area contributed by atoms with Crippen molar-refractivity contribution < 1.29 is 14.3 Å². The van der Waals surface area contributed by atoms with Gasteiger partial charge >= 0.3 is 5.97 Å². The van der Waals surface area contributed by atoms with Gasteiger partial charge in [0.25, 0.3) is 5.91 Å². The summed E-state index contributed by atoms with van der Waals surface area (Å²) in [4.78, 5) is 26.8. The molecule has 1 aromatic heterocycles. The van der Waals surface area contributed by atoms with Crippen LogP contribution in [0.4, 0.5) is 5.69 Å². The number of hydrogen-bond acceptors (Lipinski definition) is 3. The van der Waals surface area contributed by atoms with Crippen LogP contribution in [0.15, 0.2) is 60.7 Å². The molecule has 0 radical (unpaired) electrons. The van der Waals surface area contributed by atoms with Crippen LogP contribution in [0.1, 0.15) is 33.7 Å². The van der Waals surface area contributed by atoms with E-state index < -0.39 is 5.97 Å². The molecule has 0 unspecified atom stereocenters. The van der Waals surface area contributed by atoms with Crippen molar-refractivity contribution >= 4 is 17.6 Å². The molecule has 1 aliphatic heterocycles. The Bertz CT molecular complexity index is 1030. The predicted molar refractivity (Wildman–Crippen MR) is 113 cm³/mol. The van der Waals surface area contributed by atoms with Crippen LogP contribution >= 0.6 is 0 Å². The molecule has 0 saturated carbocycles. The van der Waals surface area contributed by atoms with E-state index in [0.29, 0.717) is 12.1 Å². The number of ether oxygens (including phenoxy) is 1. The van der Waals surface area contributed by atoms with Crippen LogP contribution in [0.3, 0.4) is 0 Å². The Morgan fingerprint density at radius 1 is 0.931 bits per heavy atom. The van der Waals surface area contributed by atoms with Crippen LogP contribution in [0, 0.1) is 13.8 Å². The molecule has 0 fully saturated rings. The van der Waals surface area contributed by atoms with Crippen LogP contribution in [-0.4, -0.2) is 29.6 Å². The number of carbonyl (C=O) groups excluding carboxylic acids is 2. The lowest BCUT2D eigenvalue weighted by Gasteiger charge is -2.29. The Morgan fingerprint density at radius 3 is 2.34 bits per heavy atom. The van der Waals surface area contributed by atoms with E-state index in [1.807, 2.05) is 50.2 Å². The highest BCUT2D eigenvalue weighted by molar-refractivity contribution is 5.98. The minimum atomic E-state index is -0.490. The molecule has 0 aliphatic carbocycles. The Morgan fingerprint density at radius 2 is 1.62 bits per heavy atom. The fourth-order valence-electron chi connectivity index (χ4n) is 3.90. The molecule has 4 rings (SSSR count). The van der Waals surface area contributed by atoms with E-state index in [1.165, 1.54) is 0 Å². The van der Waals surface area contributed by atoms with Gasteiger partial charge < -0.3 is 14.2 Å². The third-order valence-corrected chi connectivity index (χ3v) is 5.37. The summed E-state index contributed by atoms with van der Waals surface area (Å²) in [6.45, 7) is 4.47. The van der Waals surface area contributed by atoms with E-state index >= 15 is 0 Å². The van der Waals surface area contributed by atoms with E-state index in [0.717, 1.165) is 41.2 Å². The van der Waals surface area contributed by atoms with E-state index in [-0.39, 0.29) is 12.5 Å². The first-order valence-electron chi connectivity index (χ1n) is 9.85. The molecule has 3 aromatic rings. The molecule has 2 aromatic carbocycles. The summed E-state index contributed by atoms with van der Waals surface area (Å²) in [6.07, 6.45) is 1.88. The lowest BCUT2D eigenvalue weighted by Crippen LogP contribution is -2.38. The Balaban J connectivity index is 1.41. The lowest BCUT2D eigenvalue weighted by atomic mass is 10.0. The zero-order chi connectivity index (χ0) is 20.4. The molecule has 148 valence electrons. The Kier molecular flexibility index (Phi) is 5.21. The summed E-state index contributed by atoms with van der Waals surface area (Å²) >= 11 is 0. The highest BCUT2D eigenvalue weighted by Crippen LogP contribution is 2.26. The second kappa shape index (κ2) is 7.95. The zero-order valence-electron chi connectivity index (χ0n) is 16.7. The minimum Gasteiger partial charge on any atom is -0.452 e. The Hall–Kier alpha value is -3.34. The molecule has 5 heteroatoms. The van der Waals surface area contributed by atoms with Crippen LogP contribution in [-0.2, 0) is 16.0 Å². The average molecular weight is 388 g/mol. The van der Waals surface area contributed by atoms with E-state index in [2.05, 4.69) is 16.7 Å². The van der Waals surface area contributed by atoms with Gasteiger partial charge in [-0.15, -0.1) is 0 Å². The number of esters is 1. The first-order chi connectivity index (χ1) is 14.0. The lowest BCUT2D eigenvalue weighted by molar-refractivity contribution is -0.121. The van der Waals surface area contributed by atoms with Gasteiger partial charge in [0.1, 0.15) is 0 Å². The Labute approximate surface area is 170 Å². The summed E-state index contributed by atoms with van der Waals surface area (Å²) in [6, 6.07) is 19.2. The molecule has 1 amide bonds. The maximum absolute atomic E-state index is 12.6. The SMILES string of the molecule is Cc1ccc(C)n1-c1ccc(C(=O)OCC(=O)N2CCCc3ccccc32)cc1. The van der Waals surface area contributed by atoms with Gasteiger partial charge in [0.05, 0.1) is 5.56 Å². The van der Waals surface area contributed by atoms with Gasteiger partial charge in [-0.3, -0.25) is 4.79 Å². The molecule has 5 nitrogen and oxygen atoms in total. The molecule has 0 N–H and O–H groups in total. The van der Waals surface area contributed by atoms with Crippen LogP contribution < -0.4 is 4.90 Å². The fourth-order valence-corrected chi connectivity index (χ4v) is 3.90. The van der Waals surface area contributed by atoms with Crippen molar-refractivity contribution in [1.29, 1.82) is 0 Å². The molecule has 0 saturated heterocycles. The van der Waals surface area contributed by atoms with Crippen LogP contribution in [0.5, 0.6) is 0 Å². The van der Waals surface area contributed by atoms with Crippen LogP contribution in [0.25, 0.3) is 5.69 Å². The maximum Gasteiger partial charge on any atom is 0.338 e. The normalized spacial score (nSPS) is 13.1. The third-order valence-electron chi connectivity index (χ3n) is 5.37. The van der Waals surface area contributed by atoms with Crippen molar-refractivity contribution in [2.75, 3.05) is 18.1 Å². The fraction of sp³-hybridized carbons (Fsp3) is 0.250. The highest BCUT2D eigenvalue weighted by atomic mass is 16.5. The number of carbonyl (C=O) groups is 2. The maximum atomic E-state index is 12.6. The first kappa shape index (κ1) is 19.0. The van der Waals surface area contributed by atoms with Gasteiger partial charge in [0, 0.05) is 29.3 Å². The number of para-hydroxylation sites is 1. The number of rotatable bonds is 4. The molecule has 29 heavy (non-hydrogen) atoms. The molecule has 0 spiro atoms. The summed E-state index contributed by atoms with van der Waals surface area (Å²) in [5, 5.41) is 0. The number of aryl methyl sites for hydroxylation is 3. The molecular weight excluding hydrogens is 364 g/mol. The smallest absolute Gasteiger partial charge is 0.338 e. The molecule has 1 aliphatic rings. The van der Waals surface area contributed by atoms with E-state index in [1.54, 1.807) is 17.0 Å². The van der Waals surface area contributed by atoms with Crippen molar-refractivity contribution in [3.63, 3.8) is 0 Å². The average Bonchev–Trinajstić information content (AvgIpc) is 3.09. The number of aromatic nitrogens is 1. The van der Waals surface area contributed by atoms with Gasteiger partial charge in [0.15, 0.2) is 6.61 Å². The standard InChI is InChI=1S/C24H24N2O3/c1-17-9-10-18(2)26(17)21-13-11-20(12-14-21)24(28)29-16-23(27)25-15-5-7-19-6-3-4-8-22(19)25/h3-4,6,8-14H,5,7,15-16H2,1-2H3. The zero-order valence-corrected chi connectivity index (χ0v) is 16.7. The number of benzene rings is 2. The van der Waals surface area contributed by atoms with Gasteiger partial charge in [-0.1, -0.05) is 18.2 Å². The topological polar surface area (TPSA) is 51.5 Å². The second-order valence-corrected chi connectivity index (χ2v) is 7.35. The predicted octanol–water partition coefficient (Wildman–Crippen LogP) is 4.23. The van der Waals surface area contributed by atoms with Crippen LogP contribution in [0.2, 0.25) is 0 Å². The van der Waals surface area contributed by atoms with Gasteiger partial charge in [-0.25, -0.2) is 4.79 Å². The minimum absolute atomic E-state index is 0.194. The molecular formula is C24H24N2O3. The number of amides is 1. The van der Waals surface area contributed by atoms with Crippen molar-refractivity contribution in [3.8, 4) is 5.69 Å². The van der Waals surface area contributed by atoms with E-state index in [4.69, 9.17) is 4.74 Å². The molecule has 2 heterocycles. The van der Waals surface area contributed by atoms with Crippen molar-refractivity contribution in [1.82, 2.24) is 4.57 Å². The monoisotopic (exact) mass is 388 g/mol. The van der Waals surface area contributed by atoms with Gasteiger partial charge in [-0.05, 0) is 74.7 Å². The van der Waals surface area contributed by atoms with Gasteiger partial charge in [-0.2, -0.15) is 0 Å². The number of hydrogen-bond donors (Lipinski definition) is 0. The summed E-state index contributed by atoms with van der Waals surface area (Å²) < 4.78 is 7.42. The summed E-state index contributed by atoms with van der Waals surface area (Å²) in [5.41, 5.74) is 5.76. The largest absolute Gasteiger partial charge is 0.452 e. The van der Waals surface area contributed by atoms with Crippen molar-refractivity contribution in [2.24, 2.45) is 0 Å². The quantitative estimate of drug-likeness (QED) is 0.629. The number of fused-ring (bicyclic) bond motifs is 1. The molecule has 0 atom stereocenters. The second-order valence-electron chi connectivity index (χ2n) is 7.35. The van der Waals surface area contributed by atoms with Crippen molar-refractivity contribution in [3.05, 3.63) is 83.2 Å². The molecule has 0 bridgehead atoms. The van der Waals surface area contributed by atoms with Crippen molar-refractivity contribution in [2.45, 2.75) is 26.7 Å².